The van der Waals surface area contributed by atoms with Crippen molar-refractivity contribution in [1.29, 1.82) is 0 Å². The molecular weight excluding hydrogens is 298 g/mol. The lowest BCUT2D eigenvalue weighted by atomic mass is 10.1. The van der Waals surface area contributed by atoms with Gasteiger partial charge in [-0.1, -0.05) is 13.0 Å². The molecule has 0 bridgehead atoms. The van der Waals surface area contributed by atoms with Gasteiger partial charge in [0, 0.05) is 33.0 Å². The molecule has 0 saturated heterocycles. The van der Waals surface area contributed by atoms with Crippen LogP contribution >= 0.6 is 27.3 Å². The molecule has 2 heterocycles. The van der Waals surface area contributed by atoms with Crippen molar-refractivity contribution in [2.75, 3.05) is 0 Å². The minimum Gasteiger partial charge on any atom is -0.387 e. The van der Waals surface area contributed by atoms with Gasteiger partial charge in [-0.25, -0.2) is 0 Å². The number of aliphatic hydroxyl groups is 1. The van der Waals surface area contributed by atoms with Gasteiger partial charge in [0.15, 0.2) is 0 Å². The average molecular weight is 312 g/mol. The molecule has 0 amide bonds. The maximum Gasteiger partial charge on any atom is 0.0937 e. The first kappa shape index (κ1) is 12.7. The third kappa shape index (κ3) is 3.37. The molecule has 2 aromatic heterocycles. The van der Waals surface area contributed by atoms with Crippen molar-refractivity contribution in [3.8, 4) is 0 Å². The van der Waals surface area contributed by atoms with Crippen molar-refractivity contribution < 1.29 is 5.11 Å². The minimum absolute atomic E-state index is 0.466. The summed E-state index contributed by atoms with van der Waals surface area (Å²) in [4.78, 5) is 5.33. The number of aromatic nitrogens is 1. The second-order valence-electron chi connectivity index (χ2n) is 3.90. The Morgan fingerprint density at radius 3 is 2.82 bits per heavy atom. The molecule has 0 fully saturated rings. The number of pyridine rings is 1. The summed E-state index contributed by atoms with van der Waals surface area (Å²) in [5.74, 6) is 0. The number of aliphatic hydroxyl groups excluding tert-OH is 1. The minimum atomic E-state index is -0.466. The Morgan fingerprint density at radius 1 is 1.47 bits per heavy atom. The largest absolute Gasteiger partial charge is 0.387 e. The third-order valence-corrected chi connectivity index (χ3v) is 4.41. The fourth-order valence-electron chi connectivity index (χ4n) is 1.59. The summed E-state index contributed by atoms with van der Waals surface area (Å²) in [6.07, 6.45) is 2.98. The Morgan fingerprint density at radius 2 is 2.29 bits per heavy atom. The summed E-state index contributed by atoms with van der Waals surface area (Å²) >= 11 is 4.95. The lowest BCUT2D eigenvalue weighted by molar-refractivity contribution is 0.181. The highest BCUT2D eigenvalue weighted by molar-refractivity contribution is 9.10. The molecule has 17 heavy (non-hydrogen) atoms. The van der Waals surface area contributed by atoms with Gasteiger partial charge in [-0.05, 0) is 40.0 Å². The summed E-state index contributed by atoms with van der Waals surface area (Å²) in [7, 11) is 0. The van der Waals surface area contributed by atoms with E-state index >= 15 is 0 Å². The van der Waals surface area contributed by atoms with Gasteiger partial charge in [-0.3, -0.25) is 4.98 Å². The number of hydrogen-bond acceptors (Lipinski definition) is 3. The van der Waals surface area contributed by atoms with Crippen LogP contribution in [-0.2, 0) is 12.8 Å². The maximum atomic E-state index is 10.1. The van der Waals surface area contributed by atoms with E-state index in [9.17, 15) is 5.11 Å². The van der Waals surface area contributed by atoms with Gasteiger partial charge in [-0.15, -0.1) is 11.3 Å². The Kier molecular flexibility index (Phi) is 4.31. The summed E-state index contributed by atoms with van der Waals surface area (Å²) in [6, 6.07) is 6.01. The van der Waals surface area contributed by atoms with E-state index in [0.717, 1.165) is 21.5 Å². The molecule has 2 rings (SSSR count). The van der Waals surface area contributed by atoms with Crippen LogP contribution in [0.1, 0.15) is 29.2 Å². The quantitative estimate of drug-likeness (QED) is 0.933. The van der Waals surface area contributed by atoms with Crippen LogP contribution in [0.25, 0.3) is 0 Å². The molecule has 1 atom stereocenters. The Labute approximate surface area is 113 Å². The fourth-order valence-corrected chi connectivity index (χ4v) is 3.02. The predicted molar refractivity (Wildman–Crippen MR) is 74.3 cm³/mol. The molecule has 1 N–H and O–H groups in total. The van der Waals surface area contributed by atoms with Gasteiger partial charge in [0.1, 0.15) is 0 Å². The molecule has 2 nitrogen and oxygen atoms in total. The van der Waals surface area contributed by atoms with Crippen LogP contribution in [0.2, 0.25) is 0 Å². The van der Waals surface area contributed by atoms with Crippen LogP contribution in [0.15, 0.2) is 34.2 Å². The average Bonchev–Trinajstić information content (AvgIpc) is 2.77. The number of hydrogen-bond donors (Lipinski definition) is 1. The van der Waals surface area contributed by atoms with Crippen molar-refractivity contribution >= 4 is 27.3 Å². The fraction of sp³-hybridized carbons (Fsp3) is 0.308. The van der Waals surface area contributed by atoms with E-state index in [1.807, 2.05) is 23.7 Å². The molecular formula is C13H14BrNOS. The molecule has 0 radical (unpaired) electrons. The maximum absolute atomic E-state index is 10.1. The van der Waals surface area contributed by atoms with Gasteiger partial charge < -0.3 is 5.11 Å². The van der Waals surface area contributed by atoms with Crippen molar-refractivity contribution in [2.24, 2.45) is 0 Å². The third-order valence-electron chi connectivity index (χ3n) is 2.61. The Balaban J connectivity index is 2.04. The first-order valence-electron chi connectivity index (χ1n) is 5.55. The summed E-state index contributed by atoms with van der Waals surface area (Å²) in [5, 5.41) is 12.0. The van der Waals surface area contributed by atoms with Gasteiger partial charge in [0.05, 0.1) is 6.10 Å². The molecule has 0 spiro atoms. The van der Waals surface area contributed by atoms with Crippen molar-refractivity contribution in [3.05, 3.63) is 50.4 Å². The number of rotatable bonds is 4. The second kappa shape index (κ2) is 5.76. The van der Waals surface area contributed by atoms with E-state index < -0.39 is 6.10 Å². The first-order chi connectivity index (χ1) is 8.19. The topological polar surface area (TPSA) is 33.1 Å². The monoisotopic (exact) mass is 311 g/mol. The molecule has 90 valence electrons. The lowest BCUT2D eigenvalue weighted by Crippen LogP contribution is -2.01. The number of halogens is 1. The molecule has 1 unspecified atom stereocenters. The summed E-state index contributed by atoms with van der Waals surface area (Å²) < 4.78 is 1.02. The van der Waals surface area contributed by atoms with Gasteiger partial charge in [-0.2, -0.15) is 0 Å². The van der Waals surface area contributed by atoms with E-state index in [1.165, 1.54) is 5.56 Å². The van der Waals surface area contributed by atoms with Crippen molar-refractivity contribution in [2.45, 2.75) is 25.9 Å². The summed E-state index contributed by atoms with van der Waals surface area (Å²) in [6.45, 7) is 2.11. The van der Waals surface area contributed by atoms with Crippen molar-refractivity contribution in [3.63, 3.8) is 0 Å². The van der Waals surface area contributed by atoms with Crippen LogP contribution in [0.5, 0.6) is 0 Å². The zero-order chi connectivity index (χ0) is 12.3. The Hall–Kier alpha value is -0.710. The highest BCUT2D eigenvalue weighted by Crippen LogP contribution is 2.27. The molecule has 0 aliphatic heterocycles. The predicted octanol–water partition coefficient (Wildman–Crippen LogP) is 3.74. The van der Waals surface area contributed by atoms with Crippen LogP contribution in [0.4, 0.5) is 0 Å². The van der Waals surface area contributed by atoms with Gasteiger partial charge in [0.2, 0.25) is 0 Å². The number of aryl methyl sites for hydroxylation is 1. The zero-order valence-corrected chi connectivity index (χ0v) is 12.0. The van der Waals surface area contributed by atoms with Crippen LogP contribution in [-0.4, -0.2) is 10.1 Å². The molecule has 4 heteroatoms. The summed E-state index contributed by atoms with van der Waals surface area (Å²) in [5.41, 5.74) is 2.15. The normalized spacial score (nSPS) is 12.6. The van der Waals surface area contributed by atoms with E-state index in [0.29, 0.717) is 6.42 Å². The van der Waals surface area contributed by atoms with Gasteiger partial charge in [0.25, 0.3) is 0 Å². The first-order valence-corrected chi connectivity index (χ1v) is 7.22. The van der Waals surface area contributed by atoms with Crippen LogP contribution in [0, 0.1) is 0 Å². The second-order valence-corrected chi connectivity index (χ2v) is 5.76. The van der Waals surface area contributed by atoms with E-state index in [4.69, 9.17) is 0 Å². The van der Waals surface area contributed by atoms with Crippen LogP contribution in [0.3, 0.4) is 0 Å². The highest BCUT2D eigenvalue weighted by atomic mass is 79.9. The zero-order valence-electron chi connectivity index (χ0n) is 9.56. The number of nitrogens with zero attached hydrogens (tertiary/aromatic N) is 1. The molecule has 2 aromatic rings. The molecule has 0 aliphatic rings. The van der Waals surface area contributed by atoms with Gasteiger partial charge >= 0.3 is 0 Å². The molecule has 0 aromatic carbocycles. The lowest BCUT2D eigenvalue weighted by Gasteiger charge is -2.08. The molecule has 0 saturated carbocycles. The van der Waals surface area contributed by atoms with E-state index in [-0.39, 0.29) is 0 Å². The highest BCUT2D eigenvalue weighted by Gasteiger charge is 2.11. The number of thiophene rings is 1. The molecule has 0 aliphatic carbocycles. The van der Waals surface area contributed by atoms with Crippen LogP contribution < -0.4 is 0 Å². The van der Waals surface area contributed by atoms with E-state index in [2.05, 4.69) is 33.9 Å². The Bertz CT molecular complexity index is 480. The standard InChI is InChI=1S/C13H14BrNOS/c1-2-9-3-4-11(15-7-9)6-12(16)13-5-10(14)8-17-13/h3-5,7-8,12,16H,2,6H2,1H3. The smallest absolute Gasteiger partial charge is 0.0937 e. The van der Waals surface area contributed by atoms with Crippen molar-refractivity contribution in [1.82, 2.24) is 4.98 Å². The van der Waals surface area contributed by atoms with E-state index in [1.54, 1.807) is 11.3 Å². The SMILES string of the molecule is CCc1ccc(CC(O)c2cc(Br)cs2)nc1.